The lowest BCUT2D eigenvalue weighted by Crippen LogP contribution is -2.61. The molecule has 0 aliphatic carbocycles. The van der Waals surface area contributed by atoms with Gasteiger partial charge in [-0.05, 0) is 76.2 Å². The fourth-order valence-electron chi connectivity index (χ4n) is 6.13. The predicted molar refractivity (Wildman–Crippen MR) is 160 cm³/mol. The summed E-state index contributed by atoms with van der Waals surface area (Å²) >= 11 is 15.1. The number of ether oxygens (including phenoxy) is 1. The van der Waals surface area contributed by atoms with Crippen LogP contribution in [0.3, 0.4) is 0 Å². The van der Waals surface area contributed by atoms with Crippen LogP contribution in [0.25, 0.3) is 0 Å². The molecule has 3 atom stereocenters. The number of benzene rings is 3. The number of halogens is 3. The summed E-state index contributed by atoms with van der Waals surface area (Å²) in [4.78, 5) is 29.2. The number of fused-ring (bicyclic) bond motifs is 3. The van der Waals surface area contributed by atoms with Gasteiger partial charge in [-0.15, -0.1) is 0 Å². The summed E-state index contributed by atoms with van der Waals surface area (Å²) in [6, 6.07) is 18.3. The lowest BCUT2D eigenvalue weighted by Gasteiger charge is -2.53. The Kier molecular flexibility index (Phi) is 6.81. The minimum Gasteiger partial charge on any atom is -0.489 e. The largest absolute Gasteiger partial charge is 0.489 e. The Balaban J connectivity index is 1.70. The Labute approximate surface area is 249 Å². The number of carbonyl (C=O) groups is 2. The zero-order valence-corrected chi connectivity index (χ0v) is 24.3. The van der Waals surface area contributed by atoms with E-state index in [1.54, 1.807) is 18.2 Å². The van der Waals surface area contributed by atoms with Crippen molar-refractivity contribution in [2.45, 2.75) is 23.8 Å². The van der Waals surface area contributed by atoms with Gasteiger partial charge in [-0.25, -0.2) is 5.43 Å². The van der Waals surface area contributed by atoms with Crippen LogP contribution in [0.4, 0.5) is 5.69 Å². The zero-order valence-electron chi connectivity index (χ0n) is 20.6. The molecule has 10 heteroatoms. The lowest BCUT2D eigenvalue weighted by molar-refractivity contribution is -0.128. The van der Waals surface area contributed by atoms with Gasteiger partial charge in [-0.3, -0.25) is 9.59 Å². The molecule has 198 valence electrons. The minimum absolute atomic E-state index is 0.0378. The van der Waals surface area contributed by atoms with Crippen molar-refractivity contribution < 1.29 is 14.3 Å². The first-order chi connectivity index (χ1) is 18.8. The Bertz CT molecular complexity index is 1560. The maximum Gasteiger partial charge on any atom is 0.259 e. The van der Waals surface area contributed by atoms with Crippen LogP contribution in [0.5, 0.6) is 5.75 Å². The van der Waals surface area contributed by atoms with Crippen LogP contribution in [0.15, 0.2) is 78.4 Å². The smallest absolute Gasteiger partial charge is 0.259 e. The van der Waals surface area contributed by atoms with Gasteiger partial charge in [0, 0.05) is 37.2 Å². The van der Waals surface area contributed by atoms with Crippen LogP contribution in [0.2, 0.25) is 10.0 Å². The molecule has 3 aliphatic rings. The molecule has 7 nitrogen and oxygen atoms in total. The van der Waals surface area contributed by atoms with Gasteiger partial charge in [0.2, 0.25) is 5.91 Å². The van der Waals surface area contributed by atoms with Gasteiger partial charge < -0.3 is 15.0 Å². The van der Waals surface area contributed by atoms with Crippen LogP contribution in [-0.4, -0.2) is 35.7 Å². The molecule has 3 aromatic carbocycles. The number of rotatable bonds is 5. The second-order valence-corrected chi connectivity index (χ2v) is 11.8. The van der Waals surface area contributed by atoms with E-state index >= 15 is 0 Å². The summed E-state index contributed by atoms with van der Waals surface area (Å²) in [5.74, 6) is 0.465. The number of amidine groups is 1. The molecule has 3 aromatic rings. The highest BCUT2D eigenvalue weighted by Gasteiger charge is 2.64. The monoisotopic (exact) mass is 672 g/mol. The average Bonchev–Trinajstić information content (AvgIpc) is 3.18. The molecular formula is C29H23Cl2IN4O3. The predicted octanol–water partition coefficient (Wildman–Crippen LogP) is 6.03. The summed E-state index contributed by atoms with van der Waals surface area (Å²) in [6.07, 6.45) is 2.08. The first-order valence-corrected chi connectivity index (χ1v) is 14.2. The van der Waals surface area contributed by atoms with Crippen LogP contribution in [-0.2, 0) is 15.0 Å². The number of hydrogen-bond donors (Lipinski definition) is 2. The van der Waals surface area contributed by atoms with E-state index in [0.717, 1.165) is 20.3 Å². The van der Waals surface area contributed by atoms with Crippen LogP contribution < -0.4 is 15.5 Å². The minimum atomic E-state index is -1.17. The van der Waals surface area contributed by atoms with Crippen LogP contribution >= 0.6 is 45.8 Å². The third kappa shape index (κ3) is 4.29. The topological polar surface area (TPSA) is 83.0 Å². The van der Waals surface area contributed by atoms with Crippen molar-refractivity contribution in [2.24, 2.45) is 5.10 Å². The molecule has 0 radical (unpaired) electrons. The van der Waals surface area contributed by atoms with Gasteiger partial charge in [0.25, 0.3) is 5.91 Å². The maximum atomic E-state index is 14.5. The zero-order chi connectivity index (χ0) is 27.3. The normalized spacial score (nSPS) is 23.5. The summed E-state index contributed by atoms with van der Waals surface area (Å²) < 4.78 is 7.11. The Morgan fingerprint density at radius 3 is 2.74 bits per heavy atom. The summed E-state index contributed by atoms with van der Waals surface area (Å²) in [6.45, 7) is 4.11. The molecule has 3 aliphatic heterocycles. The second-order valence-electron chi connectivity index (χ2n) is 9.70. The van der Waals surface area contributed by atoms with E-state index in [4.69, 9.17) is 27.9 Å². The standard InChI is InChI=1S/C29H23Cl2IN4O3/c1-2-10-39-24-9-7-19(32)13-20(24)27-29(21-8-6-18(31)12-23(21)33-28(29)38)22(16-4-3-5-17(30)11-16)14-25-34-35-26(37)15-36(25)27/h2-9,11-13,22,27H,1,10,14-15H2,(H,33,38)(H,35,37)/t22-,27+,29?/m0/s1. The molecule has 0 aromatic heterocycles. The van der Waals surface area contributed by atoms with E-state index < -0.39 is 11.5 Å². The second kappa shape index (κ2) is 10.1. The van der Waals surface area contributed by atoms with Gasteiger partial charge in [-0.1, -0.05) is 54.1 Å². The molecule has 3 heterocycles. The average molecular weight is 673 g/mol. The van der Waals surface area contributed by atoms with Crippen molar-refractivity contribution in [3.05, 3.63) is 104 Å². The third-order valence-electron chi connectivity index (χ3n) is 7.56. The Morgan fingerprint density at radius 1 is 1.13 bits per heavy atom. The van der Waals surface area contributed by atoms with Gasteiger partial charge >= 0.3 is 0 Å². The van der Waals surface area contributed by atoms with Crippen molar-refractivity contribution >= 4 is 69.1 Å². The molecule has 1 unspecified atom stereocenters. The number of amides is 2. The van der Waals surface area contributed by atoms with E-state index in [2.05, 4.69) is 45.0 Å². The van der Waals surface area contributed by atoms with Gasteiger partial charge in [0.15, 0.2) is 0 Å². The van der Waals surface area contributed by atoms with E-state index in [1.165, 1.54) is 0 Å². The van der Waals surface area contributed by atoms with Crippen LogP contribution in [0, 0.1) is 3.57 Å². The van der Waals surface area contributed by atoms with Crippen molar-refractivity contribution in [3.8, 4) is 5.75 Å². The number of nitrogens with one attached hydrogen (secondary N) is 2. The molecule has 39 heavy (non-hydrogen) atoms. The number of piperidine rings is 1. The highest BCUT2D eigenvalue weighted by molar-refractivity contribution is 14.1. The lowest BCUT2D eigenvalue weighted by atomic mass is 9.58. The number of hydrazone groups is 1. The molecule has 6 rings (SSSR count). The molecule has 1 saturated heterocycles. The van der Waals surface area contributed by atoms with Crippen molar-refractivity contribution in [1.82, 2.24) is 10.3 Å². The van der Waals surface area contributed by atoms with E-state index in [1.807, 2.05) is 53.4 Å². The molecule has 1 fully saturated rings. The molecule has 2 amide bonds. The van der Waals surface area contributed by atoms with Crippen molar-refractivity contribution in [1.29, 1.82) is 0 Å². The fourth-order valence-corrected chi connectivity index (χ4v) is 7.02. The highest BCUT2D eigenvalue weighted by Crippen LogP contribution is 2.61. The summed E-state index contributed by atoms with van der Waals surface area (Å²) in [5.41, 5.74) is 4.57. The molecule has 2 N–H and O–H groups in total. The molecule has 0 bridgehead atoms. The van der Waals surface area contributed by atoms with E-state index in [0.29, 0.717) is 33.7 Å². The third-order valence-corrected chi connectivity index (χ3v) is 8.70. The van der Waals surface area contributed by atoms with Gasteiger partial charge in [-0.2, -0.15) is 5.10 Å². The van der Waals surface area contributed by atoms with E-state index in [-0.39, 0.29) is 30.9 Å². The Hall–Kier alpha value is -3.08. The SMILES string of the molecule is C=CCOc1ccc(I)cc1[C@H]1N2CC(=O)NN=C2C[C@@H](c2cccc(Cl)c2)C12C(=O)Nc1cc(Cl)ccc12. The van der Waals surface area contributed by atoms with Crippen LogP contribution in [0.1, 0.15) is 35.1 Å². The summed E-state index contributed by atoms with van der Waals surface area (Å²) in [5, 5.41) is 8.67. The van der Waals surface area contributed by atoms with Crippen molar-refractivity contribution in [3.63, 3.8) is 0 Å². The fraction of sp³-hybridized carbons (Fsp3) is 0.207. The highest BCUT2D eigenvalue weighted by atomic mass is 127. The number of hydrogen-bond acceptors (Lipinski definition) is 5. The molecular weight excluding hydrogens is 650 g/mol. The van der Waals surface area contributed by atoms with Crippen molar-refractivity contribution in [2.75, 3.05) is 18.5 Å². The molecule has 1 spiro atoms. The van der Waals surface area contributed by atoms with Gasteiger partial charge in [0.1, 0.15) is 30.2 Å². The number of carbonyl (C=O) groups excluding carboxylic acids is 2. The quantitative estimate of drug-likeness (QED) is 0.256. The summed E-state index contributed by atoms with van der Waals surface area (Å²) in [7, 11) is 0. The molecule has 0 saturated carbocycles. The Morgan fingerprint density at radius 2 is 1.95 bits per heavy atom. The first kappa shape index (κ1) is 26.2. The maximum absolute atomic E-state index is 14.5. The van der Waals surface area contributed by atoms with Gasteiger partial charge in [0.05, 0.1) is 6.04 Å². The number of anilines is 1. The number of nitrogens with zero attached hydrogens (tertiary/aromatic N) is 2. The first-order valence-electron chi connectivity index (χ1n) is 12.3. The van der Waals surface area contributed by atoms with E-state index in [9.17, 15) is 9.59 Å².